The molecule has 0 spiro atoms. The zero-order valence-electron chi connectivity index (χ0n) is 11.7. The van der Waals surface area contributed by atoms with Crippen molar-refractivity contribution in [3.05, 3.63) is 0 Å². The number of hydrogen-bond donors (Lipinski definition) is 1. The van der Waals surface area contributed by atoms with Gasteiger partial charge in [0.2, 0.25) is 0 Å². The van der Waals surface area contributed by atoms with Crippen molar-refractivity contribution in [2.45, 2.75) is 45.6 Å². The van der Waals surface area contributed by atoms with Crippen molar-refractivity contribution in [1.29, 1.82) is 0 Å². The summed E-state index contributed by atoms with van der Waals surface area (Å²) in [5.41, 5.74) is 5.92. The molecule has 0 bridgehead atoms. The molecule has 0 saturated heterocycles. The van der Waals surface area contributed by atoms with Crippen molar-refractivity contribution in [2.24, 2.45) is 5.73 Å². The molecular formula is C13H31N3. The van der Waals surface area contributed by atoms with Crippen LogP contribution in [-0.4, -0.2) is 56.1 Å². The lowest BCUT2D eigenvalue weighted by molar-refractivity contribution is 0.259. The van der Waals surface area contributed by atoms with Crippen molar-refractivity contribution in [2.75, 3.05) is 40.3 Å². The Morgan fingerprint density at radius 2 is 1.62 bits per heavy atom. The summed E-state index contributed by atoms with van der Waals surface area (Å²) in [7, 11) is 4.27. The van der Waals surface area contributed by atoms with Crippen LogP contribution in [0, 0.1) is 0 Å². The quantitative estimate of drug-likeness (QED) is 0.620. The smallest absolute Gasteiger partial charge is 0.00366 e. The lowest BCUT2D eigenvalue weighted by Gasteiger charge is -2.22. The van der Waals surface area contributed by atoms with E-state index < -0.39 is 0 Å². The molecule has 0 fully saturated rings. The van der Waals surface area contributed by atoms with Crippen LogP contribution in [0.3, 0.4) is 0 Å². The summed E-state index contributed by atoms with van der Waals surface area (Å²) in [6.07, 6.45) is 4.78. The van der Waals surface area contributed by atoms with E-state index in [2.05, 4.69) is 37.7 Å². The fourth-order valence-corrected chi connectivity index (χ4v) is 1.82. The molecule has 1 atom stereocenters. The molecule has 0 aromatic carbocycles. The number of nitrogens with zero attached hydrogens (tertiary/aromatic N) is 2. The van der Waals surface area contributed by atoms with Crippen LogP contribution in [0.2, 0.25) is 0 Å². The Morgan fingerprint density at radius 1 is 1.00 bits per heavy atom. The van der Waals surface area contributed by atoms with Crippen LogP contribution in [0.1, 0.15) is 39.5 Å². The maximum atomic E-state index is 5.92. The van der Waals surface area contributed by atoms with Gasteiger partial charge in [0.15, 0.2) is 0 Å². The molecular weight excluding hydrogens is 198 g/mol. The summed E-state index contributed by atoms with van der Waals surface area (Å²) in [6, 6.07) is 0.403. The third-order valence-electron chi connectivity index (χ3n) is 3.10. The first kappa shape index (κ1) is 15.9. The number of rotatable bonds is 10. The number of hydrogen-bond acceptors (Lipinski definition) is 3. The molecule has 98 valence electrons. The monoisotopic (exact) mass is 229 g/mol. The second kappa shape index (κ2) is 10.1. The molecule has 3 nitrogen and oxygen atoms in total. The van der Waals surface area contributed by atoms with Crippen molar-refractivity contribution in [3.63, 3.8) is 0 Å². The molecule has 1 unspecified atom stereocenters. The highest BCUT2D eigenvalue weighted by molar-refractivity contribution is 4.62. The van der Waals surface area contributed by atoms with Crippen LogP contribution < -0.4 is 5.73 Å². The van der Waals surface area contributed by atoms with E-state index in [1.54, 1.807) is 0 Å². The Hall–Kier alpha value is -0.120. The Morgan fingerprint density at radius 3 is 2.12 bits per heavy atom. The van der Waals surface area contributed by atoms with Gasteiger partial charge in [-0.25, -0.2) is 0 Å². The minimum atomic E-state index is 0.403. The molecule has 0 radical (unpaired) electrons. The van der Waals surface area contributed by atoms with E-state index in [1.807, 2.05) is 0 Å². The fourth-order valence-electron chi connectivity index (χ4n) is 1.82. The molecule has 0 aliphatic carbocycles. The Labute approximate surface area is 102 Å². The zero-order valence-corrected chi connectivity index (χ0v) is 11.7. The molecule has 0 aliphatic rings. The van der Waals surface area contributed by atoms with Crippen molar-refractivity contribution in [1.82, 2.24) is 9.80 Å². The van der Waals surface area contributed by atoms with Gasteiger partial charge in [0.05, 0.1) is 0 Å². The van der Waals surface area contributed by atoms with E-state index in [-0.39, 0.29) is 0 Å². The SMILES string of the molecule is CCC(N)CCCN(CC)CCCN(C)C. The summed E-state index contributed by atoms with van der Waals surface area (Å²) >= 11 is 0. The molecule has 2 N–H and O–H groups in total. The van der Waals surface area contributed by atoms with Gasteiger partial charge in [0, 0.05) is 6.04 Å². The standard InChI is InChI=1S/C13H31N3/c1-5-13(14)9-7-11-16(6-2)12-8-10-15(3)4/h13H,5-12,14H2,1-4H3. The van der Waals surface area contributed by atoms with Gasteiger partial charge in [-0.1, -0.05) is 13.8 Å². The van der Waals surface area contributed by atoms with Crippen molar-refractivity contribution < 1.29 is 0 Å². The summed E-state index contributed by atoms with van der Waals surface area (Å²) < 4.78 is 0. The lowest BCUT2D eigenvalue weighted by atomic mass is 10.1. The summed E-state index contributed by atoms with van der Waals surface area (Å²) in [5, 5.41) is 0. The van der Waals surface area contributed by atoms with Crippen LogP contribution in [0.25, 0.3) is 0 Å². The lowest BCUT2D eigenvalue weighted by Crippen LogP contribution is -2.29. The van der Waals surface area contributed by atoms with Crippen LogP contribution >= 0.6 is 0 Å². The van der Waals surface area contributed by atoms with Gasteiger partial charge < -0.3 is 15.5 Å². The highest BCUT2D eigenvalue weighted by atomic mass is 15.1. The largest absolute Gasteiger partial charge is 0.328 e. The van der Waals surface area contributed by atoms with Gasteiger partial charge in [-0.3, -0.25) is 0 Å². The van der Waals surface area contributed by atoms with E-state index in [0.29, 0.717) is 6.04 Å². The zero-order chi connectivity index (χ0) is 12.4. The summed E-state index contributed by atoms with van der Waals surface area (Å²) in [6.45, 7) is 9.18. The maximum absolute atomic E-state index is 5.92. The van der Waals surface area contributed by atoms with Crippen LogP contribution in [0.15, 0.2) is 0 Å². The second-order valence-corrected chi connectivity index (χ2v) is 4.90. The molecule has 16 heavy (non-hydrogen) atoms. The van der Waals surface area contributed by atoms with E-state index in [4.69, 9.17) is 5.73 Å². The van der Waals surface area contributed by atoms with Crippen LogP contribution in [-0.2, 0) is 0 Å². The van der Waals surface area contributed by atoms with Gasteiger partial charge in [0.1, 0.15) is 0 Å². The molecule has 3 heteroatoms. The molecule has 0 aliphatic heterocycles. The van der Waals surface area contributed by atoms with Crippen molar-refractivity contribution >= 4 is 0 Å². The first-order valence-corrected chi connectivity index (χ1v) is 6.72. The molecule has 0 amide bonds. The first-order valence-electron chi connectivity index (χ1n) is 6.72. The minimum absolute atomic E-state index is 0.403. The first-order chi connectivity index (χ1) is 7.60. The minimum Gasteiger partial charge on any atom is -0.328 e. The van der Waals surface area contributed by atoms with E-state index in [1.165, 1.54) is 38.9 Å². The summed E-state index contributed by atoms with van der Waals surface area (Å²) in [4.78, 5) is 4.78. The third-order valence-corrected chi connectivity index (χ3v) is 3.10. The third kappa shape index (κ3) is 9.13. The maximum Gasteiger partial charge on any atom is 0.00366 e. The predicted molar refractivity (Wildman–Crippen MR) is 72.8 cm³/mol. The molecule has 0 aromatic heterocycles. The van der Waals surface area contributed by atoms with E-state index in [0.717, 1.165) is 13.0 Å². The average molecular weight is 229 g/mol. The topological polar surface area (TPSA) is 32.5 Å². The van der Waals surface area contributed by atoms with Crippen LogP contribution in [0.4, 0.5) is 0 Å². The normalized spacial score (nSPS) is 13.7. The second-order valence-electron chi connectivity index (χ2n) is 4.90. The number of nitrogens with two attached hydrogens (primary N) is 1. The highest BCUT2D eigenvalue weighted by Crippen LogP contribution is 2.01. The highest BCUT2D eigenvalue weighted by Gasteiger charge is 2.04. The van der Waals surface area contributed by atoms with Gasteiger partial charge >= 0.3 is 0 Å². The van der Waals surface area contributed by atoms with Crippen molar-refractivity contribution in [3.8, 4) is 0 Å². The fraction of sp³-hybridized carbons (Fsp3) is 1.00. The van der Waals surface area contributed by atoms with Crippen LogP contribution in [0.5, 0.6) is 0 Å². The molecule has 0 rings (SSSR count). The average Bonchev–Trinajstić information content (AvgIpc) is 2.26. The molecule has 0 heterocycles. The molecule has 0 aromatic rings. The Balaban J connectivity index is 3.51. The molecule has 0 saturated carbocycles. The summed E-state index contributed by atoms with van der Waals surface area (Å²) in [5.74, 6) is 0. The van der Waals surface area contributed by atoms with Gasteiger partial charge in [-0.15, -0.1) is 0 Å². The van der Waals surface area contributed by atoms with Gasteiger partial charge in [-0.2, -0.15) is 0 Å². The Kier molecular flexibility index (Phi) is 9.99. The van der Waals surface area contributed by atoms with Gasteiger partial charge in [0.25, 0.3) is 0 Å². The van der Waals surface area contributed by atoms with E-state index in [9.17, 15) is 0 Å². The predicted octanol–water partition coefficient (Wildman–Crippen LogP) is 1.78. The van der Waals surface area contributed by atoms with E-state index >= 15 is 0 Å². The Bertz CT molecular complexity index is 148. The van der Waals surface area contributed by atoms with Gasteiger partial charge in [-0.05, 0) is 66.0 Å².